The molecule has 2 rings (SSSR count). The van der Waals surface area contributed by atoms with Gasteiger partial charge in [-0.3, -0.25) is 4.79 Å². The number of alkyl halides is 3. The number of carbonyl (C=O) groups excluding carboxylic acids is 1. The van der Waals surface area contributed by atoms with Gasteiger partial charge in [0.2, 0.25) is 0 Å². The lowest BCUT2D eigenvalue weighted by atomic mass is 10.1. The van der Waals surface area contributed by atoms with Crippen LogP contribution in [-0.4, -0.2) is 36.9 Å². The second-order valence-corrected chi connectivity index (χ2v) is 5.33. The Hall–Kier alpha value is -3.49. The number of methoxy groups -OCH3 is 1. The Kier molecular flexibility index (Phi) is 6.64. The number of aliphatic carboxylic acids is 1. The van der Waals surface area contributed by atoms with Crippen molar-refractivity contribution in [1.29, 1.82) is 0 Å². The summed E-state index contributed by atoms with van der Waals surface area (Å²) in [6.45, 7) is -0.584. The molecule has 28 heavy (non-hydrogen) atoms. The zero-order valence-corrected chi connectivity index (χ0v) is 14.5. The summed E-state index contributed by atoms with van der Waals surface area (Å²) in [4.78, 5) is 22.9. The van der Waals surface area contributed by atoms with E-state index in [1.807, 2.05) is 0 Å². The molecule has 1 N–H and O–H groups in total. The third-order valence-electron chi connectivity index (χ3n) is 3.36. The molecule has 0 aliphatic carbocycles. The van der Waals surface area contributed by atoms with Crippen LogP contribution in [0.5, 0.6) is 17.2 Å². The highest BCUT2D eigenvalue weighted by Crippen LogP contribution is 2.29. The smallest absolute Gasteiger partial charge is 0.493 e. The van der Waals surface area contributed by atoms with E-state index >= 15 is 0 Å². The van der Waals surface area contributed by atoms with Crippen molar-refractivity contribution in [1.82, 2.24) is 0 Å². The van der Waals surface area contributed by atoms with Crippen LogP contribution in [0.25, 0.3) is 6.08 Å². The summed E-state index contributed by atoms with van der Waals surface area (Å²) in [5, 5.41) is 8.64. The summed E-state index contributed by atoms with van der Waals surface area (Å²) in [5.74, 6) is -1.85. The molecule has 2 aromatic rings. The van der Waals surface area contributed by atoms with Gasteiger partial charge in [0.05, 0.1) is 7.11 Å². The number of para-hydroxylation sites is 1. The molecule has 0 saturated carbocycles. The SMILES string of the molecule is COc1cc(C(=O)C=Cc2ccccc2OC(F)(F)F)ccc1OCC(=O)O. The second kappa shape index (κ2) is 8.94. The number of carboxylic acids is 1. The van der Waals surface area contributed by atoms with Gasteiger partial charge in [-0.05, 0) is 36.4 Å². The Bertz CT molecular complexity index is 889. The molecule has 0 spiro atoms. The molecule has 0 aliphatic rings. The fraction of sp³-hybridized carbons (Fsp3) is 0.158. The van der Waals surface area contributed by atoms with Crippen LogP contribution in [0.2, 0.25) is 0 Å². The van der Waals surface area contributed by atoms with Crippen molar-refractivity contribution < 1.29 is 42.1 Å². The molecule has 0 unspecified atom stereocenters. The number of halogens is 3. The highest BCUT2D eigenvalue weighted by Gasteiger charge is 2.31. The van der Waals surface area contributed by atoms with Crippen LogP contribution in [0.1, 0.15) is 15.9 Å². The average Bonchev–Trinajstić information content (AvgIpc) is 2.64. The number of ether oxygens (including phenoxy) is 3. The summed E-state index contributed by atoms with van der Waals surface area (Å²) in [5.41, 5.74) is 0.242. The maximum atomic E-state index is 12.4. The first-order valence-corrected chi connectivity index (χ1v) is 7.79. The second-order valence-electron chi connectivity index (χ2n) is 5.33. The normalized spacial score (nSPS) is 11.3. The Balaban J connectivity index is 2.20. The minimum atomic E-state index is -4.85. The van der Waals surface area contributed by atoms with Gasteiger partial charge in [0, 0.05) is 11.1 Å². The van der Waals surface area contributed by atoms with E-state index in [2.05, 4.69) is 4.74 Å². The lowest BCUT2D eigenvalue weighted by Crippen LogP contribution is -2.17. The number of rotatable bonds is 8. The van der Waals surface area contributed by atoms with Crippen LogP contribution in [0.15, 0.2) is 48.5 Å². The number of carbonyl (C=O) groups is 2. The zero-order chi connectivity index (χ0) is 20.7. The van der Waals surface area contributed by atoms with E-state index in [9.17, 15) is 22.8 Å². The van der Waals surface area contributed by atoms with E-state index in [-0.39, 0.29) is 22.6 Å². The monoisotopic (exact) mass is 396 g/mol. The van der Waals surface area contributed by atoms with Crippen molar-refractivity contribution in [2.24, 2.45) is 0 Å². The number of benzene rings is 2. The highest BCUT2D eigenvalue weighted by molar-refractivity contribution is 6.07. The third kappa shape index (κ3) is 6.04. The third-order valence-corrected chi connectivity index (χ3v) is 3.36. The Morgan fingerprint density at radius 3 is 2.43 bits per heavy atom. The molecule has 0 amide bonds. The topological polar surface area (TPSA) is 82.1 Å². The minimum Gasteiger partial charge on any atom is -0.493 e. The van der Waals surface area contributed by atoms with Crippen molar-refractivity contribution in [3.63, 3.8) is 0 Å². The quantitative estimate of drug-likeness (QED) is 0.537. The predicted octanol–water partition coefficient (Wildman–Crippen LogP) is 3.95. The van der Waals surface area contributed by atoms with Gasteiger partial charge >= 0.3 is 12.3 Å². The molecule has 0 fully saturated rings. The van der Waals surface area contributed by atoms with Crippen LogP contribution in [0, 0.1) is 0 Å². The minimum absolute atomic E-state index is 0.0709. The number of hydrogen-bond acceptors (Lipinski definition) is 5. The first-order valence-electron chi connectivity index (χ1n) is 7.79. The largest absolute Gasteiger partial charge is 0.573 e. The van der Waals surface area contributed by atoms with E-state index in [4.69, 9.17) is 14.6 Å². The molecular formula is C19H15F3O6. The number of ketones is 1. The first kappa shape index (κ1) is 20.8. The summed E-state index contributed by atoms with van der Waals surface area (Å²) >= 11 is 0. The zero-order valence-electron chi connectivity index (χ0n) is 14.5. The van der Waals surface area contributed by atoms with Gasteiger partial charge in [0.15, 0.2) is 23.9 Å². The van der Waals surface area contributed by atoms with Crippen LogP contribution in [-0.2, 0) is 4.79 Å². The predicted molar refractivity (Wildman–Crippen MR) is 92.6 cm³/mol. The fourth-order valence-electron chi connectivity index (χ4n) is 2.18. The Labute approximate surface area is 157 Å². The maximum Gasteiger partial charge on any atom is 0.573 e. The molecule has 0 saturated heterocycles. The van der Waals surface area contributed by atoms with Gasteiger partial charge in [0.1, 0.15) is 5.75 Å². The molecule has 6 nitrogen and oxygen atoms in total. The highest BCUT2D eigenvalue weighted by atomic mass is 19.4. The number of allylic oxidation sites excluding steroid dienone is 1. The van der Waals surface area contributed by atoms with Crippen molar-refractivity contribution in [2.75, 3.05) is 13.7 Å². The molecule has 0 bridgehead atoms. The summed E-state index contributed by atoms with van der Waals surface area (Å²) < 4.78 is 51.4. The summed E-state index contributed by atoms with van der Waals surface area (Å²) in [7, 11) is 1.32. The van der Waals surface area contributed by atoms with Gasteiger partial charge in [-0.2, -0.15) is 0 Å². The van der Waals surface area contributed by atoms with E-state index in [1.54, 1.807) is 0 Å². The number of carboxylic acid groups (broad SMARTS) is 1. The van der Waals surface area contributed by atoms with E-state index in [0.717, 1.165) is 12.1 Å². The average molecular weight is 396 g/mol. The van der Waals surface area contributed by atoms with Crippen LogP contribution in [0.3, 0.4) is 0 Å². The van der Waals surface area contributed by atoms with Crippen molar-refractivity contribution >= 4 is 17.8 Å². The van der Waals surface area contributed by atoms with Gasteiger partial charge in [-0.15, -0.1) is 13.2 Å². The van der Waals surface area contributed by atoms with Crippen molar-refractivity contribution in [2.45, 2.75) is 6.36 Å². The molecule has 0 radical (unpaired) electrons. The van der Waals surface area contributed by atoms with Crippen LogP contribution < -0.4 is 14.2 Å². The maximum absolute atomic E-state index is 12.4. The van der Waals surface area contributed by atoms with E-state index in [1.165, 1.54) is 49.6 Å². The van der Waals surface area contributed by atoms with E-state index in [0.29, 0.717) is 0 Å². The lowest BCUT2D eigenvalue weighted by molar-refractivity contribution is -0.274. The first-order chi connectivity index (χ1) is 13.2. The van der Waals surface area contributed by atoms with E-state index < -0.39 is 30.5 Å². The molecule has 0 aromatic heterocycles. The van der Waals surface area contributed by atoms with Gasteiger partial charge < -0.3 is 19.3 Å². The molecule has 0 atom stereocenters. The molecule has 2 aromatic carbocycles. The fourth-order valence-corrected chi connectivity index (χ4v) is 2.18. The van der Waals surface area contributed by atoms with Crippen molar-refractivity contribution in [3.05, 3.63) is 59.7 Å². The molecule has 148 valence electrons. The summed E-state index contributed by atoms with van der Waals surface area (Å²) in [6, 6.07) is 9.46. The van der Waals surface area contributed by atoms with Gasteiger partial charge in [-0.25, -0.2) is 4.79 Å². The molecule has 0 aliphatic heterocycles. The van der Waals surface area contributed by atoms with Crippen LogP contribution in [0.4, 0.5) is 13.2 Å². The van der Waals surface area contributed by atoms with Gasteiger partial charge in [0.25, 0.3) is 0 Å². The number of hydrogen-bond donors (Lipinski definition) is 1. The van der Waals surface area contributed by atoms with Crippen molar-refractivity contribution in [3.8, 4) is 17.2 Å². The molecule has 0 heterocycles. The Morgan fingerprint density at radius 2 is 1.79 bits per heavy atom. The molecule has 9 heteroatoms. The molecular weight excluding hydrogens is 381 g/mol. The van der Waals surface area contributed by atoms with Crippen LogP contribution >= 0.6 is 0 Å². The summed E-state index contributed by atoms with van der Waals surface area (Å²) in [6.07, 6.45) is -2.57. The Morgan fingerprint density at radius 1 is 1.07 bits per heavy atom. The van der Waals surface area contributed by atoms with Gasteiger partial charge in [-0.1, -0.05) is 18.2 Å². The lowest BCUT2D eigenvalue weighted by Gasteiger charge is -2.11. The standard InChI is InChI=1S/C19H15F3O6/c1-26-17-10-13(7-9-16(17)27-11-18(24)25)14(23)8-6-12-4-2-3-5-15(12)28-19(20,21)22/h2-10H,11H2,1H3,(H,24,25).